The molecule has 1 amide bonds. The van der Waals surface area contributed by atoms with E-state index in [-0.39, 0.29) is 11.9 Å². The van der Waals surface area contributed by atoms with Crippen molar-refractivity contribution in [1.29, 1.82) is 0 Å². The minimum atomic E-state index is 0.208. The van der Waals surface area contributed by atoms with E-state index in [2.05, 4.69) is 40.5 Å². The number of rotatable bonds is 6. The predicted octanol–water partition coefficient (Wildman–Crippen LogP) is 2.33. The molecule has 4 heteroatoms. The summed E-state index contributed by atoms with van der Waals surface area (Å²) in [5, 5.41) is 3.24. The van der Waals surface area contributed by atoms with Crippen LogP contribution < -0.4 is 11.1 Å². The molecule has 1 aromatic carbocycles. The number of nitrogens with one attached hydrogen (secondary N) is 1. The normalized spacial score (nSPS) is 25.7. The summed E-state index contributed by atoms with van der Waals surface area (Å²) in [6.07, 6.45) is 7.24. The summed E-state index contributed by atoms with van der Waals surface area (Å²) >= 11 is 0. The standard InChI is InChI=1S/C20H31N3O/c21-19-8-4-7-17(19)15-20(24)22-18-10-13-23(14-11-18)12-9-16-5-2-1-3-6-16/h1-3,5-6,17-19H,4,7-15,21H2,(H,22,24)/t17-,19+/m0/s1. The monoisotopic (exact) mass is 329 g/mol. The Morgan fingerprint density at radius 1 is 1.12 bits per heavy atom. The van der Waals surface area contributed by atoms with Gasteiger partial charge >= 0.3 is 0 Å². The van der Waals surface area contributed by atoms with E-state index < -0.39 is 0 Å². The molecule has 0 radical (unpaired) electrons. The Balaban J connectivity index is 1.33. The van der Waals surface area contributed by atoms with E-state index in [0.717, 1.165) is 51.7 Å². The molecule has 3 N–H and O–H groups in total. The van der Waals surface area contributed by atoms with Crippen molar-refractivity contribution in [3.63, 3.8) is 0 Å². The Kier molecular flexibility index (Phi) is 6.27. The maximum absolute atomic E-state index is 12.2. The van der Waals surface area contributed by atoms with Gasteiger partial charge in [0.05, 0.1) is 0 Å². The second-order valence-electron chi connectivity index (χ2n) is 7.48. The van der Waals surface area contributed by atoms with Gasteiger partial charge in [-0.3, -0.25) is 4.79 Å². The maximum atomic E-state index is 12.2. The molecule has 0 spiro atoms. The second-order valence-corrected chi connectivity index (χ2v) is 7.48. The number of amides is 1. The molecule has 0 unspecified atom stereocenters. The van der Waals surface area contributed by atoms with E-state index in [9.17, 15) is 4.79 Å². The van der Waals surface area contributed by atoms with E-state index in [1.54, 1.807) is 0 Å². The van der Waals surface area contributed by atoms with Crippen LogP contribution in [0, 0.1) is 5.92 Å². The van der Waals surface area contributed by atoms with Gasteiger partial charge in [0.25, 0.3) is 0 Å². The van der Waals surface area contributed by atoms with Crippen molar-refractivity contribution < 1.29 is 4.79 Å². The maximum Gasteiger partial charge on any atom is 0.220 e. The van der Waals surface area contributed by atoms with Gasteiger partial charge in [-0.25, -0.2) is 0 Å². The summed E-state index contributed by atoms with van der Waals surface area (Å²) in [5.41, 5.74) is 7.48. The molecular formula is C20H31N3O. The topological polar surface area (TPSA) is 58.4 Å². The molecule has 1 saturated heterocycles. The number of hydrogen-bond acceptors (Lipinski definition) is 3. The Bertz CT molecular complexity index is 511. The molecule has 132 valence electrons. The Hall–Kier alpha value is -1.39. The van der Waals surface area contributed by atoms with Gasteiger partial charge in [0, 0.05) is 38.1 Å². The highest BCUT2D eigenvalue weighted by Crippen LogP contribution is 2.26. The molecule has 24 heavy (non-hydrogen) atoms. The van der Waals surface area contributed by atoms with Crippen LogP contribution in [0.25, 0.3) is 0 Å². The van der Waals surface area contributed by atoms with Gasteiger partial charge in [-0.2, -0.15) is 0 Å². The van der Waals surface area contributed by atoms with Crippen LogP contribution >= 0.6 is 0 Å². The molecule has 3 rings (SSSR count). The van der Waals surface area contributed by atoms with E-state index in [1.807, 2.05) is 0 Å². The molecule has 2 atom stereocenters. The molecule has 2 fully saturated rings. The third-order valence-electron chi connectivity index (χ3n) is 5.68. The average molecular weight is 329 g/mol. The van der Waals surface area contributed by atoms with Crippen LogP contribution in [0.4, 0.5) is 0 Å². The summed E-state index contributed by atoms with van der Waals surface area (Å²) in [7, 11) is 0. The van der Waals surface area contributed by atoms with E-state index in [0.29, 0.717) is 18.4 Å². The van der Waals surface area contributed by atoms with Crippen molar-refractivity contribution in [3.05, 3.63) is 35.9 Å². The SMILES string of the molecule is N[C@@H]1CCC[C@H]1CC(=O)NC1CCN(CCc2ccccc2)CC1. The van der Waals surface area contributed by atoms with E-state index in [4.69, 9.17) is 5.73 Å². The number of benzene rings is 1. The van der Waals surface area contributed by atoms with Gasteiger partial charge in [0.1, 0.15) is 0 Å². The largest absolute Gasteiger partial charge is 0.353 e. The summed E-state index contributed by atoms with van der Waals surface area (Å²) in [4.78, 5) is 14.7. The molecule has 4 nitrogen and oxygen atoms in total. The highest BCUT2D eigenvalue weighted by atomic mass is 16.1. The van der Waals surface area contributed by atoms with Crippen molar-refractivity contribution >= 4 is 5.91 Å². The molecule has 1 aliphatic heterocycles. The van der Waals surface area contributed by atoms with E-state index in [1.165, 1.54) is 12.0 Å². The number of likely N-dealkylation sites (tertiary alicyclic amines) is 1. The zero-order chi connectivity index (χ0) is 16.8. The van der Waals surface area contributed by atoms with Gasteiger partial charge in [-0.05, 0) is 43.6 Å². The van der Waals surface area contributed by atoms with Gasteiger partial charge in [0.15, 0.2) is 0 Å². The fraction of sp³-hybridized carbons (Fsp3) is 0.650. The zero-order valence-corrected chi connectivity index (χ0v) is 14.6. The number of nitrogens with zero attached hydrogens (tertiary/aromatic N) is 1. The Morgan fingerprint density at radius 2 is 1.88 bits per heavy atom. The molecule has 1 saturated carbocycles. The lowest BCUT2D eigenvalue weighted by molar-refractivity contribution is -0.123. The number of piperidine rings is 1. The Morgan fingerprint density at radius 3 is 2.54 bits per heavy atom. The summed E-state index contributed by atoms with van der Waals surface area (Å²) in [6, 6.07) is 11.2. The van der Waals surface area contributed by atoms with E-state index >= 15 is 0 Å². The predicted molar refractivity (Wildman–Crippen MR) is 97.7 cm³/mol. The Labute approximate surface area is 145 Å². The van der Waals surface area contributed by atoms with Crippen LogP contribution in [0.15, 0.2) is 30.3 Å². The lowest BCUT2D eigenvalue weighted by Crippen LogP contribution is -2.45. The molecule has 1 aromatic rings. The molecule has 2 aliphatic rings. The van der Waals surface area contributed by atoms with Crippen molar-refractivity contribution in [1.82, 2.24) is 10.2 Å². The minimum Gasteiger partial charge on any atom is -0.353 e. The third kappa shape index (κ3) is 5.05. The summed E-state index contributed by atoms with van der Waals surface area (Å²) in [6.45, 7) is 3.28. The summed E-state index contributed by atoms with van der Waals surface area (Å²) in [5.74, 6) is 0.607. The zero-order valence-electron chi connectivity index (χ0n) is 14.6. The van der Waals surface area contributed by atoms with Crippen LogP contribution in [0.5, 0.6) is 0 Å². The van der Waals surface area contributed by atoms with Crippen LogP contribution in [-0.2, 0) is 11.2 Å². The van der Waals surface area contributed by atoms with Gasteiger partial charge in [-0.1, -0.05) is 36.8 Å². The van der Waals surface area contributed by atoms with Crippen molar-refractivity contribution in [3.8, 4) is 0 Å². The smallest absolute Gasteiger partial charge is 0.220 e. The fourth-order valence-corrected chi connectivity index (χ4v) is 4.08. The molecule has 0 aromatic heterocycles. The van der Waals surface area contributed by atoms with Crippen LogP contribution in [-0.4, -0.2) is 42.5 Å². The first-order chi connectivity index (χ1) is 11.7. The first kappa shape index (κ1) is 17.4. The first-order valence-electron chi connectivity index (χ1n) is 9.52. The van der Waals surface area contributed by atoms with Crippen LogP contribution in [0.2, 0.25) is 0 Å². The fourth-order valence-electron chi connectivity index (χ4n) is 4.08. The van der Waals surface area contributed by atoms with Crippen molar-refractivity contribution in [2.75, 3.05) is 19.6 Å². The minimum absolute atomic E-state index is 0.208. The number of nitrogens with two attached hydrogens (primary N) is 1. The van der Waals surface area contributed by atoms with Crippen molar-refractivity contribution in [2.24, 2.45) is 11.7 Å². The summed E-state index contributed by atoms with van der Waals surface area (Å²) < 4.78 is 0. The van der Waals surface area contributed by atoms with Gasteiger partial charge in [0.2, 0.25) is 5.91 Å². The van der Waals surface area contributed by atoms with Gasteiger partial charge < -0.3 is 16.0 Å². The van der Waals surface area contributed by atoms with Crippen LogP contribution in [0.3, 0.4) is 0 Å². The molecule has 0 bridgehead atoms. The first-order valence-corrected chi connectivity index (χ1v) is 9.52. The highest BCUT2D eigenvalue weighted by Gasteiger charge is 2.27. The molecule has 1 heterocycles. The molecular weight excluding hydrogens is 298 g/mol. The molecule has 1 aliphatic carbocycles. The highest BCUT2D eigenvalue weighted by molar-refractivity contribution is 5.76. The number of carbonyl (C=O) groups is 1. The van der Waals surface area contributed by atoms with Crippen LogP contribution in [0.1, 0.15) is 44.1 Å². The number of hydrogen-bond donors (Lipinski definition) is 2. The van der Waals surface area contributed by atoms with Gasteiger partial charge in [-0.15, -0.1) is 0 Å². The quantitative estimate of drug-likeness (QED) is 0.842. The average Bonchev–Trinajstić information content (AvgIpc) is 3.00. The lowest BCUT2D eigenvalue weighted by Gasteiger charge is -2.32. The van der Waals surface area contributed by atoms with Crippen molar-refractivity contribution in [2.45, 2.75) is 57.0 Å². The number of carbonyl (C=O) groups excluding carboxylic acids is 1. The lowest BCUT2D eigenvalue weighted by atomic mass is 9.98. The second kappa shape index (κ2) is 8.63. The third-order valence-corrected chi connectivity index (χ3v) is 5.68.